The highest BCUT2D eigenvalue weighted by atomic mass is 32.1. The third-order valence-electron chi connectivity index (χ3n) is 5.42. The molecule has 0 saturated carbocycles. The van der Waals surface area contributed by atoms with Crippen LogP contribution >= 0.6 is 12.2 Å². The molecule has 4 atom stereocenters. The van der Waals surface area contributed by atoms with Gasteiger partial charge in [-0.05, 0) is 49.2 Å². The summed E-state index contributed by atoms with van der Waals surface area (Å²) < 4.78 is 16.3. The molecule has 4 rings (SSSR count). The molecule has 0 radical (unpaired) electrons. The van der Waals surface area contributed by atoms with Crippen LogP contribution < -0.4 is 14.8 Å². The maximum absolute atomic E-state index is 12.7. The highest BCUT2D eigenvalue weighted by Gasteiger charge is 2.49. The minimum atomic E-state index is -1.18. The number of hydrogen-bond donors (Lipinski definition) is 2. The quantitative estimate of drug-likeness (QED) is 0.441. The van der Waals surface area contributed by atoms with Gasteiger partial charge in [0.2, 0.25) is 12.2 Å². The summed E-state index contributed by atoms with van der Waals surface area (Å²) in [5.41, 5.74) is 2.27. The first-order valence-electron chi connectivity index (χ1n) is 9.52. The molecular weight excluding hydrogens is 406 g/mol. The zero-order chi connectivity index (χ0) is 21.4. The molecule has 2 aliphatic rings. The number of aryl methyl sites for hydroxylation is 1. The minimum absolute atomic E-state index is 0.0923. The van der Waals surface area contributed by atoms with Crippen molar-refractivity contribution in [3.05, 3.63) is 59.2 Å². The normalized spacial score (nSPS) is 24.6. The Morgan fingerprint density at radius 1 is 1.20 bits per heavy atom. The van der Waals surface area contributed by atoms with Crippen LogP contribution in [0, 0.1) is 18.8 Å². The van der Waals surface area contributed by atoms with E-state index in [4.69, 9.17) is 26.4 Å². The van der Waals surface area contributed by atoms with Gasteiger partial charge in [0.15, 0.2) is 0 Å². The summed E-state index contributed by atoms with van der Waals surface area (Å²) >= 11 is 5.29. The molecule has 0 aliphatic carbocycles. The van der Waals surface area contributed by atoms with Crippen LogP contribution in [0.1, 0.15) is 29.2 Å². The van der Waals surface area contributed by atoms with Crippen LogP contribution in [0.2, 0.25) is 0 Å². The predicted molar refractivity (Wildman–Crippen MR) is 111 cm³/mol. The summed E-state index contributed by atoms with van der Waals surface area (Å²) in [7, 11) is 1.56. The number of carbonyl (C=O) groups is 2. The van der Waals surface area contributed by atoms with E-state index in [0.29, 0.717) is 22.6 Å². The van der Waals surface area contributed by atoms with Crippen LogP contribution in [0.3, 0.4) is 0 Å². The summed E-state index contributed by atoms with van der Waals surface area (Å²) in [5.74, 6) is -1.71. The number of methoxy groups -OCH3 is 1. The molecule has 0 aromatic heterocycles. The van der Waals surface area contributed by atoms with Crippen molar-refractivity contribution in [1.82, 2.24) is 5.32 Å². The van der Waals surface area contributed by atoms with Gasteiger partial charge in [0.05, 0.1) is 13.0 Å². The Balaban J connectivity index is 1.48. The molecule has 30 heavy (non-hydrogen) atoms. The fourth-order valence-electron chi connectivity index (χ4n) is 3.77. The molecule has 8 heteroatoms. The number of nitrogens with one attached hydrogen (secondary N) is 1. The van der Waals surface area contributed by atoms with E-state index in [1.165, 1.54) is 0 Å². The van der Waals surface area contributed by atoms with E-state index in [0.717, 1.165) is 5.56 Å². The SMILES string of the molecule is COc1ccc(C(=S)NC(=O)C2CC3C(O)Oc4cc(C)ccc4C3OC2=O)cc1. The summed E-state index contributed by atoms with van der Waals surface area (Å²) in [6, 6.07) is 12.4. The number of aliphatic hydroxyl groups excluding tert-OH is 1. The lowest BCUT2D eigenvalue weighted by Crippen LogP contribution is -2.49. The number of fused-ring (bicyclic) bond motifs is 3. The second-order valence-electron chi connectivity index (χ2n) is 7.41. The fraction of sp³-hybridized carbons (Fsp3) is 0.318. The lowest BCUT2D eigenvalue weighted by molar-refractivity contribution is -0.191. The number of benzene rings is 2. The standard InChI is InChI=1S/C22H21NO6S/c1-11-3-8-14-17(9-11)28-21(25)15-10-16(22(26)29-18(14)15)19(24)23-20(30)12-4-6-13(27-2)7-5-12/h3-9,15-16,18,21,25H,10H2,1-2H3,(H,23,24,30). The third kappa shape index (κ3) is 3.76. The molecule has 2 aliphatic heterocycles. The zero-order valence-electron chi connectivity index (χ0n) is 16.5. The Morgan fingerprint density at radius 3 is 2.63 bits per heavy atom. The molecule has 0 spiro atoms. The topological polar surface area (TPSA) is 94.1 Å². The number of thiocarbonyl (C=S) groups is 1. The van der Waals surface area contributed by atoms with E-state index >= 15 is 0 Å². The highest BCUT2D eigenvalue weighted by molar-refractivity contribution is 7.80. The van der Waals surface area contributed by atoms with Crippen LogP contribution in [-0.2, 0) is 14.3 Å². The monoisotopic (exact) mass is 427 g/mol. The number of amides is 1. The molecule has 1 fully saturated rings. The number of rotatable bonds is 3. The Labute approximate surface area is 178 Å². The second kappa shape index (κ2) is 8.04. The van der Waals surface area contributed by atoms with Crippen molar-refractivity contribution >= 4 is 29.1 Å². The van der Waals surface area contributed by atoms with Crippen LogP contribution in [0.5, 0.6) is 11.5 Å². The second-order valence-corrected chi connectivity index (χ2v) is 7.81. The Hall–Kier alpha value is -2.97. The lowest BCUT2D eigenvalue weighted by Gasteiger charge is -2.41. The molecule has 2 heterocycles. The van der Waals surface area contributed by atoms with Crippen LogP contribution in [0.15, 0.2) is 42.5 Å². The summed E-state index contributed by atoms with van der Waals surface area (Å²) in [6.07, 6.45) is -1.75. The van der Waals surface area contributed by atoms with Crippen LogP contribution in [0.25, 0.3) is 0 Å². The van der Waals surface area contributed by atoms with Crippen molar-refractivity contribution in [1.29, 1.82) is 0 Å². The van der Waals surface area contributed by atoms with E-state index in [1.807, 2.05) is 19.1 Å². The average molecular weight is 427 g/mol. The molecule has 7 nitrogen and oxygen atoms in total. The molecule has 156 valence electrons. The Morgan fingerprint density at radius 2 is 1.93 bits per heavy atom. The van der Waals surface area contributed by atoms with Gasteiger partial charge in [-0.2, -0.15) is 0 Å². The van der Waals surface area contributed by atoms with Gasteiger partial charge < -0.3 is 24.6 Å². The average Bonchev–Trinajstić information content (AvgIpc) is 2.73. The zero-order valence-corrected chi connectivity index (χ0v) is 17.3. The summed E-state index contributed by atoms with van der Waals surface area (Å²) in [6.45, 7) is 1.90. The molecular formula is C22H21NO6S. The molecule has 0 bridgehead atoms. The number of carbonyl (C=O) groups excluding carboxylic acids is 2. The van der Waals surface area contributed by atoms with Crippen molar-refractivity contribution in [3.8, 4) is 11.5 Å². The van der Waals surface area contributed by atoms with Crippen molar-refractivity contribution < 1.29 is 28.9 Å². The van der Waals surface area contributed by atoms with Gasteiger partial charge in [-0.25, -0.2) is 0 Å². The predicted octanol–water partition coefficient (Wildman–Crippen LogP) is 2.43. The minimum Gasteiger partial charge on any atom is -0.497 e. The Bertz CT molecular complexity index is 1010. The molecule has 1 amide bonds. The van der Waals surface area contributed by atoms with E-state index in [9.17, 15) is 14.7 Å². The third-order valence-corrected chi connectivity index (χ3v) is 5.76. The van der Waals surface area contributed by atoms with Crippen molar-refractivity contribution in [2.45, 2.75) is 25.7 Å². The van der Waals surface area contributed by atoms with Crippen LogP contribution in [-0.4, -0.2) is 35.4 Å². The molecule has 4 unspecified atom stereocenters. The molecule has 2 aromatic rings. The van der Waals surface area contributed by atoms with Crippen LogP contribution in [0.4, 0.5) is 0 Å². The summed E-state index contributed by atoms with van der Waals surface area (Å²) in [5, 5.41) is 13.1. The van der Waals surface area contributed by atoms with Gasteiger partial charge in [0, 0.05) is 11.1 Å². The number of aliphatic hydroxyl groups is 1. The molecule has 2 N–H and O–H groups in total. The number of esters is 1. The van der Waals surface area contributed by atoms with Gasteiger partial charge in [-0.1, -0.05) is 24.4 Å². The van der Waals surface area contributed by atoms with Gasteiger partial charge >= 0.3 is 5.97 Å². The van der Waals surface area contributed by atoms with Gasteiger partial charge in [-0.15, -0.1) is 0 Å². The van der Waals surface area contributed by atoms with Crippen molar-refractivity contribution in [2.75, 3.05) is 7.11 Å². The molecule has 2 aromatic carbocycles. The van der Waals surface area contributed by atoms with E-state index in [1.54, 1.807) is 37.4 Å². The lowest BCUT2D eigenvalue weighted by atomic mass is 9.81. The smallest absolute Gasteiger partial charge is 0.319 e. The van der Waals surface area contributed by atoms with E-state index in [-0.39, 0.29) is 11.4 Å². The molecule has 1 saturated heterocycles. The van der Waals surface area contributed by atoms with E-state index < -0.39 is 36.1 Å². The first kappa shape index (κ1) is 20.3. The fourth-order valence-corrected chi connectivity index (χ4v) is 4.01. The van der Waals surface area contributed by atoms with E-state index in [2.05, 4.69) is 5.32 Å². The maximum atomic E-state index is 12.7. The maximum Gasteiger partial charge on any atom is 0.319 e. The largest absolute Gasteiger partial charge is 0.497 e. The van der Waals surface area contributed by atoms with Gasteiger partial charge in [0.1, 0.15) is 28.5 Å². The number of ether oxygens (including phenoxy) is 3. The summed E-state index contributed by atoms with van der Waals surface area (Å²) in [4.78, 5) is 25.5. The van der Waals surface area contributed by atoms with Crippen molar-refractivity contribution in [3.63, 3.8) is 0 Å². The first-order valence-corrected chi connectivity index (χ1v) is 9.93. The van der Waals surface area contributed by atoms with Gasteiger partial charge in [0.25, 0.3) is 0 Å². The Kier molecular flexibility index (Phi) is 5.44. The van der Waals surface area contributed by atoms with Gasteiger partial charge in [-0.3, -0.25) is 9.59 Å². The highest BCUT2D eigenvalue weighted by Crippen LogP contribution is 2.46. The first-order chi connectivity index (χ1) is 14.4. The van der Waals surface area contributed by atoms with Crippen molar-refractivity contribution in [2.24, 2.45) is 11.8 Å². The number of hydrogen-bond acceptors (Lipinski definition) is 7.